The van der Waals surface area contributed by atoms with E-state index in [9.17, 15) is 9.59 Å². The zero-order chi connectivity index (χ0) is 26.0. The van der Waals surface area contributed by atoms with Gasteiger partial charge in [0.2, 0.25) is 11.8 Å². The minimum absolute atomic E-state index is 0.00462. The van der Waals surface area contributed by atoms with Gasteiger partial charge >= 0.3 is 0 Å². The van der Waals surface area contributed by atoms with Crippen LogP contribution in [0.4, 0.5) is 0 Å². The van der Waals surface area contributed by atoms with Gasteiger partial charge in [-0.15, -0.1) is 0 Å². The first-order chi connectivity index (χ1) is 18.0. The summed E-state index contributed by atoms with van der Waals surface area (Å²) in [6.07, 6.45) is 6.83. The topological polar surface area (TPSA) is 49.4 Å². The van der Waals surface area contributed by atoms with E-state index in [1.54, 1.807) is 4.90 Å². The Hall–Kier alpha value is -2.92. The van der Waals surface area contributed by atoms with Crippen molar-refractivity contribution in [1.29, 1.82) is 0 Å². The Morgan fingerprint density at radius 3 is 2.14 bits per heavy atom. The standard InChI is InChI=1S/C32H37BrN2O2/c1-2-24-12-14-25(15-13-24)18-21-31(36)35(23-27-16-19-28(33)20-17-27)30(22-26-8-4-3-5-9-26)32(37)34-29-10-6-7-11-29/h3-5,8-9,12-17,19-20,29-30H,2,6-7,10-11,18,21-23H2,1H3,(H,34,37)/t30-/m0/s1. The van der Waals surface area contributed by atoms with E-state index in [1.807, 2.05) is 54.6 Å². The lowest BCUT2D eigenvalue weighted by atomic mass is 10.0. The summed E-state index contributed by atoms with van der Waals surface area (Å²) in [5.41, 5.74) is 4.50. The molecule has 1 atom stereocenters. The van der Waals surface area contributed by atoms with Crippen molar-refractivity contribution in [2.75, 3.05) is 0 Å². The molecule has 0 saturated heterocycles. The van der Waals surface area contributed by atoms with Crippen LogP contribution in [0, 0.1) is 0 Å². The van der Waals surface area contributed by atoms with Crippen molar-refractivity contribution in [3.8, 4) is 0 Å². The molecule has 3 aromatic rings. The SMILES string of the molecule is CCc1ccc(CCC(=O)N(Cc2ccc(Br)cc2)[C@@H](Cc2ccccc2)C(=O)NC2CCCC2)cc1. The van der Waals surface area contributed by atoms with Crippen molar-refractivity contribution in [3.63, 3.8) is 0 Å². The molecule has 4 rings (SSSR count). The molecule has 3 aromatic carbocycles. The van der Waals surface area contributed by atoms with Crippen LogP contribution in [0.1, 0.15) is 61.3 Å². The highest BCUT2D eigenvalue weighted by molar-refractivity contribution is 9.10. The predicted molar refractivity (Wildman–Crippen MR) is 153 cm³/mol. The molecular weight excluding hydrogens is 524 g/mol. The summed E-state index contributed by atoms with van der Waals surface area (Å²) in [5, 5.41) is 3.28. The fraction of sp³-hybridized carbons (Fsp3) is 0.375. The van der Waals surface area contributed by atoms with Crippen molar-refractivity contribution in [1.82, 2.24) is 10.2 Å². The molecule has 1 aliphatic rings. The number of amides is 2. The van der Waals surface area contributed by atoms with Gasteiger partial charge in [0.15, 0.2) is 0 Å². The number of rotatable bonds is 11. The Morgan fingerprint density at radius 2 is 1.49 bits per heavy atom. The lowest BCUT2D eigenvalue weighted by molar-refractivity contribution is -0.141. The van der Waals surface area contributed by atoms with E-state index >= 15 is 0 Å². The highest BCUT2D eigenvalue weighted by atomic mass is 79.9. The zero-order valence-corrected chi connectivity index (χ0v) is 23.3. The van der Waals surface area contributed by atoms with Crippen molar-refractivity contribution in [2.45, 2.75) is 76.9 Å². The molecule has 4 nitrogen and oxygen atoms in total. The third-order valence-electron chi connectivity index (χ3n) is 7.30. The van der Waals surface area contributed by atoms with Gasteiger partial charge in [-0.3, -0.25) is 9.59 Å². The first-order valence-electron chi connectivity index (χ1n) is 13.5. The molecule has 0 unspecified atom stereocenters. The first-order valence-corrected chi connectivity index (χ1v) is 14.3. The molecule has 0 spiro atoms. The van der Waals surface area contributed by atoms with E-state index in [2.05, 4.69) is 52.4 Å². The molecule has 37 heavy (non-hydrogen) atoms. The second-order valence-electron chi connectivity index (χ2n) is 10.0. The highest BCUT2D eigenvalue weighted by Gasteiger charge is 2.32. The summed E-state index contributed by atoms with van der Waals surface area (Å²) >= 11 is 3.50. The van der Waals surface area contributed by atoms with E-state index in [4.69, 9.17) is 0 Å². The first kappa shape index (κ1) is 27.1. The maximum atomic E-state index is 13.8. The van der Waals surface area contributed by atoms with Gasteiger partial charge < -0.3 is 10.2 Å². The maximum absolute atomic E-state index is 13.8. The van der Waals surface area contributed by atoms with Crippen molar-refractivity contribution >= 4 is 27.7 Å². The maximum Gasteiger partial charge on any atom is 0.243 e. The average molecular weight is 562 g/mol. The van der Waals surface area contributed by atoms with Gasteiger partial charge in [-0.25, -0.2) is 0 Å². The van der Waals surface area contributed by atoms with Crippen LogP contribution in [-0.4, -0.2) is 28.8 Å². The van der Waals surface area contributed by atoms with E-state index in [-0.39, 0.29) is 17.9 Å². The number of nitrogens with zero attached hydrogens (tertiary/aromatic N) is 1. The van der Waals surface area contributed by atoms with Gasteiger partial charge in [0.05, 0.1) is 0 Å². The van der Waals surface area contributed by atoms with E-state index in [0.29, 0.717) is 25.8 Å². The summed E-state index contributed by atoms with van der Waals surface area (Å²) in [6.45, 7) is 2.54. The van der Waals surface area contributed by atoms with Crippen molar-refractivity contribution in [3.05, 3.63) is 106 Å². The molecule has 0 radical (unpaired) electrons. The Morgan fingerprint density at radius 1 is 0.865 bits per heavy atom. The fourth-order valence-corrected chi connectivity index (χ4v) is 5.31. The third kappa shape index (κ3) is 8.03. The number of hydrogen-bond acceptors (Lipinski definition) is 2. The second-order valence-corrected chi connectivity index (χ2v) is 10.9. The van der Waals surface area contributed by atoms with Gasteiger partial charge in [0, 0.05) is 29.9 Å². The molecule has 1 N–H and O–H groups in total. The summed E-state index contributed by atoms with van der Waals surface area (Å²) < 4.78 is 0.990. The smallest absolute Gasteiger partial charge is 0.243 e. The van der Waals surface area contributed by atoms with Gasteiger partial charge in [-0.05, 0) is 60.1 Å². The number of halogens is 1. The molecule has 1 aliphatic carbocycles. The van der Waals surface area contributed by atoms with Crippen LogP contribution >= 0.6 is 15.9 Å². The molecule has 1 fully saturated rings. The fourth-order valence-electron chi connectivity index (χ4n) is 5.04. The highest BCUT2D eigenvalue weighted by Crippen LogP contribution is 2.21. The summed E-state index contributed by atoms with van der Waals surface area (Å²) in [4.78, 5) is 29.4. The Labute approximate surface area is 229 Å². The number of carbonyl (C=O) groups excluding carboxylic acids is 2. The minimum atomic E-state index is -0.568. The lowest BCUT2D eigenvalue weighted by Gasteiger charge is -2.32. The summed E-state index contributed by atoms with van der Waals surface area (Å²) in [5.74, 6) is -0.0431. The molecule has 1 saturated carbocycles. The van der Waals surface area contributed by atoms with Crippen LogP contribution in [0.25, 0.3) is 0 Å². The Kier molecular flexibility index (Phi) is 9.95. The molecule has 194 valence electrons. The van der Waals surface area contributed by atoms with Gasteiger partial charge in [0.25, 0.3) is 0 Å². The number of aryl methyl sites for hydroxylation is 2. The minimum Gasteiger partial charge on any atom is -0.352 e. The lowest BCUT2D eigenvalue weighted by Crippen LogP contribution is -2.52. The Bertz CT molecular complexity index is 1140. The van der Waals surface area contributed by atoms with Crippen LogP contribution in [-0.2, 0) is 35.4 Å². The number of nitrogens with one attached hydrogen (secondary N) is 1. The van der Waals surface area contributed by atoms with Gasteiger partial charge in [-0.1, -0.05) is 102 Å². The van der Waals surface area contributed by atoms with Crippen LogP contribution in [0.5, 0.6) is 0 Å². The number of hydrogen-bond donors (Lipinski definition) is 1. The summed E-state index contributed by atoms with van der Waals surface area (Å²) in [6, 6.07) is 26.1. The second kappa shape index (κ2) is 13.6. The van der Waals surface area contributed by atoms with Crippen LogP contribution < -0.4 is 5.32 Å². The normalized spacial score (nSPS) is 14.3. The molecule has 0 bridgehead atoms. The van der Waals surface area contributed by atoms with Crippen LogP contribution in [0.2, 0.25) is 0 Å². The molecule has 5 heteroatoms. The molecule has 2 amide bonds. The monoisotopic (exact) mass is 560 g/mol. The van der Waals surface area contributed by atoms with E-state index in [0.717, 1.165) is 53.3 Å². The molecule has 0 aromatic heterocycles. The number of carbonyl (C=O) groups is 2. The third-order valence-corrected chi connectivity index (χ3v) is 7.83. The van der Waals surface area contributed by atoms with Crippen molar-refractivity contribution in [2.24, 2.45) is 0 Å². The largest absolute Gasteiger partial charge is 0.352 e. The van der Waals surface area contributed by atoms with Gasteiger partial charge in [0.1, 0.15) is 6.04 Å². The molecule has 0 heterocycles. The number of benzene rings is 3. The zero-order valence-electron chi connectivity index (χ0n) is 21.7. The van der Waals surface area contributed by atoms with E-state index < -0.39 is 6.04 Å². The molecule has 0 aliphatic heterocycles. The molecular formula is C32H37BrN2O2. The van der Waals surface area contributed by atoms with Gasteiger partial charge in [-0.2, -0.15) is 0 Å². The van der Waals surface area contributed by atoms with Crippen molar-refractivity contribution < 1.29 is 9.59 Å². The quantitative estimate of drug-likeness (QED) is 0.285. The van der Waals surface area contributed by atoms with Crippen LogP contribution in [0.3, 0.4) is 0 Å². The predicted octanol–water partition coefficient (Wildman–Crippen LogP) is 6.64. The average Bonchev–Trinajstić information content (AvgIpc) is 3.44. The Balaban J connectivity index is 1.58. The van der Waals surface area contributed by atoms with E-state index in [1.165, 1.54) is 5.56 Å². The van der Waals surface area contributed by atoms with Crippen LogP contribution in [0.15, 0.2) is 83.3 Å². The summed E-state index contributed by atoms with van der Waals surface area (Å²) in [7, 11) is 0.